The van der Waals surface area contributed by atoms with Gasteiger partial charge in [0.1, 0.15) is 18.1 Å². The smallest absolute Gasteiger partial charge is 0.124 e. The summed E-state index contributed by atoms with van der Waals surface area (Å²) in [4.78, 5) is 0. The van der Waals surface area contributed by atoms with Crippen LogP contribution in [0.25, 0.3) is 11.1 Å². The SMILES string of the molecule is CC(C)Oc1cccc(-c2ccc(OCc3ccccc3)c(CN)c2)c1. The lowest BCUT2D eigenvalue weighted by atomic mass is 10.0. The lowest BCUT2D eigenvalue weighted by Crippen LogP contribution is -2.05. The topological polar surface area (TPSA) is 44.5 Å². The van der Waals surface area contributed by atoms with Gasteiger partial charge < -0.3 is 15.2 Å². The van der Waals surface area contributed by atoms with Gasteiger partial charge in [-0.1, -0.05) is 48.5 Å². The minimum absolute atomic E-state index is 0.151. The molecule has 0 saturated carbocycles. The lowest BCUT2D eigenvalue weighted by Gasteiger charge is -2.14. The first-order chi connectivity index (χ1) is 12.7. The highest BCUT2D eigenvalue weighted by atomic mass is 16.5. The average Bonchev–Trinajstić information content (AvgIpc) is 2.67. The molecule has 0 spiro atoms. The Balaban J connectivity index is 1.80. The number of benzene rings is 3. The Morgan fingerprint density at radius 2 is 1.62 bits per heavy atom. The number of hydrogen-bond acceptors (Lipinski definition) is 3. The Kier molecular flexibility index (Phi) is 5.92. The van der Waals surface area contributed by atoms with E-state index in [1.54, 1.807) is 0 Å². The van der Waals surface area contributed by atoms with Crippen LogP contribution in [0.1, 0.15) is 25.0 Å². The van der Waals surface area contributed by atoms with Crippen LogP contribution < -0.4 is 15.2 Å². The maximum atomic E-state index is 5.98. The summed E-state index contributed by atoms with van der Waals surface area (Å²) in [6.07, 6.45) is 0.151. The summed E-state index contributed by atoms with van der Waals surface area (Å²) >= 11 is 0. The van der Waals surface area contributed by atoms with E-state index in [9.17, 15) is 0 Å². The van der Waals surface area contributed by atoms with Crippen LogP contribution in [0.2, 0.25) is 0 Å². The van der Waals surface area contributed by atoms with Crippen molar-refractivity contribution in [2.24, 2.45) is 5.73 Å². The summed E-state index contributed by atoms with van der Waals surface area (Å²) in [5.74, 6) is 1.70. The van der Waals surface area contributed by atoms with Crippen LogP contribution in [-0.2, 0) is 13.2 Å². The van der Waals surface area contributed by atoms with Crippen molar-refractivity contribution >= 4 is 0 Å². The molecule has 26 heavy (non-hydrogen) atoms. The fourth-order valence-corrected chi connectivity index (χ4v) is 2.82. The Morgan fingerprint density at radius 3 is 2.35 bits per heavy atom. The number of rotatable bonds is 7. The molecule has 3 aromatic rings. The zero-order valence-electron chi connectivity index (χ0n) is 15.3. The van der Waals surface area contributed by atoms with Crippen molar-refractivity contribution in [2.45, 2.75) is 33.1 Å². The largest absolute Gasteiger partial charge is 0.491 e. The zero-order valence-corrected chi connectivity index (χ0v) is 15.3. The molecule has 3 heteroatoms. The van der Waals surface area contributed by atoms with Crippen LogP contribution in [0.5, 0.6) is 11.5 Å². The van der Waals surface area contributed by atoms with E-state index in [-0.39, 0.29) is 6.10 Å². The highest BCUT2D eigenvalue weighted by Crippen LogP contribution is 2.29. The molecule has 0 heterocycles. The first-order valence-electron chi connectivity index (χ1n) is 8.92. The monoisotopic (exact) mass is 347 g/mol. The van der Waals surface area contributed by atoms with E-state index in [0.717, 1.165) is 33.8 Å². The second kappa shape index (κ2) is 8.54. The van der Waals surface area contributed by atoms with Gasteiger partial charge in [-0.2, -0.15) is 0 Å². The van der Waals surface area contributed by atoms with Crippen molar-refractivity contribution in [2.75, 3.05) is 0 Å². The van der Waals surface area contributed by atoms with E-state index in [0.29, 0.717) is 13.2 Å². The molecule has 0 saturated heterocycles. The van der Waals surface area contributed by atoms with E-state index in [1.165, 1.54) is 0 Å². The normalized spacial score (nSPS) is 10.8. The quantitative estimate of drug-likeness (QED) is 0.640. The van der Waals surface area contributed by atoms with Crippen molar-refractivity contribution in [3.63, 3.8) is 0 Å². The Labute approximate surface area is 155 Å². The number of ether oxygens (including phenoxy) is 2. The molecule has 0 bridgehead atoms. The van der Waals surface area contributed by atoms with E-state index in [1.807, 2.05) is 50.2 Å². The highest BCUT2D eigenvalue weighted by molar-refractivity contribution is 5.67. The van der Waals surface area contributed by atoms with Crippen LogP contribution >= 0.6 is 0 Å². The summed E-state index contributed by atoms with van der Waals surface area (Å²) in [5.41, 5.74) is 10.3. The van der Waals surface area contributed by atoms with Gasteiger partial charge in [-0.25, -0.2) is 0 Å². The standard InChI is InChI=1S/C23H25NO2/c1-17(2)26-22-10-6-9-19(14-22)20-11-12-23(21(13-20)15-24)25-16-18-7-4-3-5-8-18/h3-14,17H,15-16,24H2,1-2H3. The van der Waals surface area contributed by atoms with Gasteiger partial charge in [-0.15, -0.1) is 0 Å². The molecule has 0 aliphatic heterocycles. The molecule has 3 aromatic carbocycles. The molecule has 0 atom stereocenters. The van der Waals surface area contributed by atoms with Gasteiger partial charge in [0.05, 0.1) is 6.10 Å². The summed E-state index contributed by atoms with van der Waals surface area (Å²) in [6, 6.07) is 24.4. The van der Waals surface area contributed by atoms with Gasteiger partial charge in [0.25, 0.3) is 0 Å². The van der Waals surface area contributed by atoms with E-state index < -0.39 is 0 Å². The molecule has 0 radical (unpaired) electrons. The Hall–Kier alpha value is -2.78. The molecule has 134 valence electrons. The molecule has 0 aliphatic rings. The van der Waals surface area contributed by atoms with Gasteiger partial charge in [-0.05, 0) is 54.8 Å². The van der Waals surface area contributed by atoms with Gasteiger partial charge in [0, 0.05) is 12.1 Å². The van der Waals surface area contributed by atoms with Gasteiger partial charge in [-0.3, -0.25) is 0 Å². The fourth-order valence-electron chi connectivity index (χ4n) is 2.82. The summed E-state index contributed by atoms with van der Waals surface area (Å²) in [6.45, 7) is 5.02. The van der Waals surface area contributed by atoms with Crippen LogP contribution in [-0.4, -0.2) is 6.10 Å². The third-order valence-electron chi connectivity index (χ3n) is 4.06. The summed E-state index contributed by atoms with van der Waals surface area (Å²) in [5, 5.41) is 0. The van der Waals surface area contributed by atoms with Gasteiger partial charge in [0.15, 0.2) is 0 Å². The maximum absolute atomic E-state index is 5.98. The van der Waals surface area contributed by atoms with E-state index in [2.05, 4.69) is 36.4 Å². The van der Waals surface area contributed by atoms with Gasteiger partial charge in [0.2, 0.25) is 0 Å². The minimum Gasteiger partial charge on any atom is -0.491 e. The molecular weight excluding hydrogens is 322 g/mol. The second-order valence-electron chi connectivity index (χ2n) is 6.50. The van der Waals surface area contributed by atoms with Crippen LogP contribution in [0.3, 0.4) is 0 Å². The number of hydrogen-bond donors (Lipinski definition) is 1. The lowest BCUT2D eigenvalue weighted by molar-refractivity contribution is 0.242. The minimum atomic E-state index is 0.151. The Bertz CT molecular complexity index is 844. The first kappa shape index (κ1) is 18.0. The summed E-state index contributed by atoms with van der Waals surface area (Å²) < 4.78 is 11.8. The number of nitrogens with two attached hydrogens (primary N) is 1. The molecule has 2 N–H and O–H groups in total. The molecule has 0 aliphatic carbocycles. The predicted molar refractivity (Wildman–Crippen MR) is 106 cm³/mol. The van der Waals surface area contributed by atoms with Crippen LogP contribution in [0, 0.1) is 0 Å². The van der Waals surface area contributed by atoms with Crippen molar-refractivity contribution in [1.82, 2.24) is 0 Å². The van der Waals surface area contributed by atoms with Crippen LogP contribution in [0.15, 0.2) is 72.8 Å². The third-order valence-corrected chi connectivity index (χ3v) is 4.06. The molecule has 0 aromatic heterocycles. The zero-order chi connectivity index (χ0) is 18.4. The van der Waals surface area contributed by atoms with Crippen molar-refractivity contribution in [3.05, 3.63) is 83.9 Å². The Morgan fingerprint density at radius 1 is 0.846 bits per heavy atom. The van der Waals surface area contributed by atoms with Gasteiger partial charge >= 0.3 is 0 Å². The van der Waals surface area contributed by atoms with E-state index in [4.69, 9.17) is 15.2 Å². The van der Waals surface area contributed by atoms with Crippen LogP contribution in [0.4, 0.5) is 0 Å². The van der Waals surface area contributed by atoms with E-state index >= 15 is 0 Å². The van der Waals surface area contributed by atoms with Crippen molar-refractivity contribution in [1.29, 1.82) is 0 Å². The summed E-state index contributed by atoms with van der Waals surface area (Å²) in [7, 11) is 0. The molecular formula is C23H25NO2. The molecule has 3 nitrogen and oxygen atoms in total. The molecule has 0 unspecified atom stereocenters. The maximum Gasteiger partial charge on any atom is 0.124 e. The highest BCUT2D eigenvalue weighted by Gasteiger charge is 2.07. The first-order valence-corrected chi connectivity index (χ1v) is 8.92. The molecule has 3 rings (SSSR count). The fraction of sp³-hybridized carbons (Fsp3) is 0.217. The van der Waals surface area contributed by atoms with Crippen molar-refractivity contribution in [3.8, 4) is 22.6 Å². The third kappa shape index (κ3) is 4.64. The predicted octanol–water partition coefficient (Wildman–Crippen LogP) is 5.18. The molecule has 0 amide bonds. The second-order valence-corrected chi connectivity index (χ2v) is 6.50. The average molecular weight is 347 g/mol. The van der Waals surface area contributed by atoms with Crippen molar-refractivity contribution < 1.29 is 9.47 Å². The molecule has 0 fully saturated rings.